The molecule has 0 amide bonds. The van der Waals surface area contributed by atoms with Gasteiger partial charge in [-0.05, 0) is 41.9 Å². The Balaban J connectivity index is 2.73. The highest BCUT2D eigenvalue weighted by Crippen LogP contribution is 2.49. The maximum absolute atomic E-state index is 2.48. The largest absolute Gasteiger partial charge is 0.0651 e. The van der Waals surface area contributed by atoms with Crippen LogP contribution in [-0.2, 0) is 0 Å². The third kappa shape index (κ3) is 2.32. The van der Waals surface area contributed by atoms with E-state index in [0.29, 0.717) is 5.41 Å². The Bertz CT molecular complexity index is 180. The van der Waals surface area contributed by atoms with E-state index in [4.69, 9.17) is 0 Å². The van der Waals surface area contributed by atoms with E-state index in [-0.39, 0.29) is 0 Å². The molecule has 0 aromatic heterocycles. The average molecular weight is 196 g/mol. The SMILES string of the molecule is CCC(C)C1CC(C)C(C)CC1(C)C. The van der Waals surface area contributed by atoms with Gasteiger partial charge in [-0.2, -0.15) is 0 Å². The Morgan fingerprint density at radius 2 is 1.79 bits per heavy atom. The highest BCUT2D eigenvalue weighted by Gasteiger charge is 2.40. The van der Waals surface area contributed by atoms with Crippen LogP contribution in [0.3, 0.4) is 0 Å². The fourth-order valence-electron chi connectivity index (χ4n) is 3.42. The molecule has 1 saturated carbocycles. The van der Waals surface area contributed by atoms with Gasteiger partial charge < -0.3 is 0 Å². The fourth-order valence-corrected chi connectivity index (χ4v) is 3.42. The normalized spacial score (nSPS) is 39.4. The van der Waals surface area contributed by atoms with Crippen LogP contribution in [0.4, 0.5) is 0 Å². The van der Waals surface area contributed by atoms with Crippen molar-refractivity contribution in [2.45, 2.75) is 60.8 Å². The summed E-state index contributed by atoms with van der Waals surface area (Å²) in [5.41, 5.74) is 0.571. The predicted molar refractivity (Wildman–Crippen MR) is 64.3 cm³/mol. The molecule has 0 aromatic rings. The molecule has 1 aliphatic rings. The van der Waals surface area contributed by atoms with E-state index >= 15 is 0 Å². The zero-order valence-electron chi connectivity index (χ0n) is 10.9. The second-order valence-electron chi connectivity index (χ2n) is 6.38. The summed E-state index contributed by atoms with van der Waals surface area (Å²) in [4.78, 5) is 0. The molecule has 0 saturated heterocycles. The van der Waals surface area contributed by atoms with Gasteiger partial charge >= 0.3 is 0 Å². The average Bonchev–Trinajstić information content (AvgIpc) is 2.09. The van der Waals surface area contributed by atoms with Crippen LogP contribution in [0.2, 0.25) is 0 Å². The van der Waals surface area contributed by atoms with Gasteiger partial charge in [0.1, 0.15) is 0 Å². The molecule has 0 radical (unpaired) electrons. The number of hydrogen-bond acceptors (Lipinski definition) is 0. The monoisotopic (exact) mass is 196 g/mol. The summed E-state index contributed by atoms with van der Waals surface area (Å²) in [7, 11) is 0. The van der Waals surface area contributed by atoms with Crippen molar-refractivity contribution in [3.05, 3.63) is 0 Å². The van der Waals surface area contributed by atoms with Gasteiger partial charge in [0.25, 0.3) is 0 Å². The Morgan fingerprint density at radius 1 is 1.21 bits per heavy atom. The summed E-state index contributed by atoms with van der Waals surface area (Å²) in [6.07, 6.45) is 4.21. The van der Waals surface area contributed by atoms with Crippen LogP contribution in [0, 0.1) is 29.1 Å². The third-order valence-electron chi connectivity index (χ3n) is 4.78. The van der Waals surface area contributed by atoms with Crippen molar-refractivity contribution in [2.75, 3.05) is 0 Å². The van der Waals surface area contributed by atoms with Crippen molar-refractivity contribution in [2.24, 2.45) is 29.1 Å². The first kappa shape index (κ1) is 12.1. The lowest BCUT2D eigenvalue weighted by molar-refractivity contribution is 0.0261. The molecule has 0 nitrogen and oxygen atoms in total. The topological polar surface area (TPSA) is 0 Å². The van der Waals surface area contributed by atoms with E-state index in [0.717, 1.165) is 23.7 Å². The minimum Gasteiger partial charge on any atom is -0.0651 e. The summed E-state index contributed by atoms with van der Waals surface area (Å²) in [6, 6.07) is 0. The van der Waals surface area contributed by atoms with Crippen molar-refractivity contribution in [1.29, 1.82) is 0 Å². The van der Waals surface area contributed by atoms with Crippen LogP contribution in [0.1, 0.15) is 60.8 Å². The molecule has 84 valence electrons. The van der Waals surface area contributed by atoms with E-state index in [2.05, 4.69) is 41.5 Å². The molecular weight excluding hydrogens is 168 g/mol. The molecule has 4 unspecified atom stereocenters. The van der Waals surface area contributed by atoms with Crippen LogP contribution in [0.5, 0.6) is 0 Å². The highest BCUT2D eigenvalue weighted by molar-refractivity contribution is 4.90. The van der Waals surface area contributed by atoms with Gasteiger partial charge in [-0.15, -0.1) is 0 Å². The summed E-state index contributed by atoms with van der Waals surface area (Å²) >= 11 is 0. The van der Waals surface area contributed by atoms with Crippen LogP contribution >= 0.6 is 0 Å². The smallest absolute Gasteiger partial charge is 0.0321 e. The van der Waals surface area contributed by atoms with Crippen LogP contribution in [-0.4, -0.2) is 0 Å². The van der Waals surface area contributed by atoms with Crippen molar-refractivity contribution in [3.63, 3.8) is 0 Å². The van der Waals surface area contributed by atoms with Gasteiger partial charge in [0.15, 0.2) is 0 Å². The number of rotatable bonds is 2. The Hall–Kier alpha value is 0. The molecule has 0 heteroatoms. The van der Waals surface area contributed by atoms with Crippen molar-refractivity contribution >= 4 is 0 Å². The van der Waals surface area contributed by atoms with Gasteiger partial charge in [-0.1, -0.05) is 48.0 Å². The zero-order valence-corrected chi connectivity index (χ0v) is 10.9. The van der Waals surface area contributed by atoms with Gasteiger partial charge in [0.2, 0.25) is 0 Å². The van der Waals surface area contributed by atoms with E-state index in [9.17, 15) is 0 Å². The molecule has 0 N–H and O–H groups in total. The molecular formula is C14H28. The molecule has 0 heterocycles. The third-order valence-corrected chi connectivity index (χ3v) is 4.78. The summed E-state index contributed by atoms with van der Waals surface area (Å²) in [6.45, 7) is 14.6. The first-order valence-corrected chi connectivity index (χ1v) is 6.38. The van der Waals surface area contributed by atoms with E-state index < -0.39 is 0 Å². The minimum atomic E-state index is 0.571. The molecule has 1 rings (SSSR count). The van der Waals surface area contributed by atoms with Crippen LogP contribution < -0.4 is 0 Å². The first-order valence-electron chi connectivity index (χ1n) is 6.38. The molecule has 0 spiro atoms. The van der Waals surface area contributed by atoms with E-state index in [1.165, 1.54) is 19.3 Å². The molecule has 0 aromatic carbocycles. The first-order chi connectivity index (χ1) is 6.38. The summed E-state index contributed by atoms with van der Waals surface area (Å²) in [5.74, 6) is 3.70. The molecule has 1 aliphatic carbocycles. The summed E-state index contributed by atoms with van der Waals surface area (Å²) < 4.78 is 0. The Kier molecular flexibility index (Phi) is 3.66. The second-order valence-corrected chi connectivity index (χ2v) is 6.38. The molecule has 4 atom stereocenters. The predicted octanol–water partition coefficient (Wildman–Crippen LogP) is 4.74. The van der Waals surface area contributed by atoms with Crippen molar-refractivity contribution < 1.29 is 0 Å². The van der Waals surface area contributed by atoms with E-state index in [1.54, 1.807) is 0 Å². The molecule has 0 bridgehead atoms. The van der Waals surface area contributed by atoms with Crippen LogP contribution in [0.25, 0.3) is 0 Å². The van der Waals surface area contributed by atoms with E-state index in [1.807, 2.05) is 0 Å². The minimum absolute atomic E-state index is 0.571. The maximum Gasteiger partial charge on any atom is -0.0321 e. The summed E-state index contributed by atoms with van der Waals surface area (Å²) in [5, 5.41) is 0. The van der Waals surface area contributed by atoms with Crippen molar-refractivity contribution in [3.8, 4) is 0 Å². The lowest BCUT2D eigenvalue weighted by Crippen LogP contribution is -2.38. The van der Waals surface area contributed by atoms with Gasteiger partial charge in [0.05, 0.1) is 0 Å². The molecule has 14 heavy (non-hydrogen) atoms. The quantitative estimate of drug-likeness (QED) is 0.598. The van der Waals surface area contributed by atoms with Gasteiger partial charge in [-0.3, -0.25) is 0 Å². The van der Waals surface area contributed by atoms with Gasteiger partial charge in [-0.25, -0.2) is 0 Å². The lowest BCUT2D eigenvalue weighted by Gasteiger charge is -2.47. The maximum atomic E-state index is 2.48. The Morgan fingerprint density at radius 3 is 2.29 bits per heavy atom. The highest BCUT2D eigenvalue weighted by atomic mass is 14.5. The van der Waals surface area contributed by atoms with Crippen molar-refractivity contribution in [1.82, 2.24) is 0 Å². The standard InChI is InChI=1S/C14H28/c1-7-10(2)13-8-11(3)12(4)9-14(13,5)6/h10-13H,7-9H2,1-6H3. The number of hydrogen-bond donors (Lipinski definition) is 0. The van der Waals surface area contributed by atoms with Gasteiger partial charge in [0, 0.05) is 0 Å². The second kappa shape index (κ2) is 4.24. The zero-order chi connectivity index (χ0) is 10.9. The fraction of sp³-hybridized carbons (Fsp3) is 1.00. The molecule has 1 fully saturated rings. The van der Waals surface area contributed by atoms with Crippen LogP contribution in [0.15, 0.2) is 0 Å². The molecule has 0 aliphatic heterocycles. The lowest BCUT2D eigenvalue weighted by atomic mass is 9.58. The Labute approximate surface area is 90.5 Å².